The highest BCUT2D eigenvalue weighted by Gasteiger charge is 2.09. The summed E-state index contributed by atoms with van der Waals surface area (Å²) in [7, 11) is 1.28. The van der Waals surface area contributed by atoms with Gasteiger partial charge in [0.1, 0.15) is 6.61 Å². The fourth-order valence-electron chi connectivity index (χ4n) is 1.03. The van der Waals surface area contributed by atoms with Crippen molar-refractivity contribution in [2.45, 2.75) is 0 Å². The number of ether oxygens (including phenoxy) is 2. The molecule has 0 aromatic heterocycles. The van der Waals surface area contributed by atoms with Crippen molar-refractivity contribution in [1.29, 1.82) is 0 Å². The molecule has 0 spiro atoms. The Balaban J connectivity index is 2.87. The first-order valence-corrected chi connectivity index (χ1v) is 4.34. The molecule has 0 unspecified atom stereocenters. The number of phenolic OH excluding ortho intramolecular Hbond substituents is 1. The van der Waals surface area contributed by atoms with Gasteiger partial charge in [-0.25, -0.2) is 4.79 Å². The van der Waals surface area contributed by atoms with Crippen LogP contribution < -0.4 is 4.74 Å². The molecule has 1 aromatic carbocycles. The van der Waals surface area contributed by atoms with E-state index < -0.39 is 5.97 Å². The summed E-state index contributed by atoms with van der Waals surface area (Å²) in [5, 5.41) is 9.50. The van der Waals surface area contributed by atoms with Crippen molar-refractivity contribution in [3.63, 3.8) is 0 Å². The molecule has 0 atom stereocenters. The summed E-state index contributed by atoms with van der Waals surface area (Å²) in [6.07, 6.45) is 1.56. The van der Waals surface area contributed by atoms with E-state index in [-0.39, 0.29) is 11.3 Å². The highest BCUT2D eigenvalue weighted by atomic mass is 16.5. The fourth-order valence-corrected chi connectivity index (χ4v) is 1.03. The maximum absolute atomic E-state index is 11.1. The summed E-state index contributed by atoms with van der Waals surface area (Å²) in [6.45, 7) is 3.78. The largest absolute Gasteiger partial charge is 0.504 e. The van der Waals surface area contributed by atoms with Gasteiger partial charge in [0, 0.05) is 0 Å². The van der Waals surface area contributed by atoms with Gasteiger partial charge in [0.25, 0.3) is 0 Å². The third-order valence-corrected chi connectivity index (χ3v) is 1.74. The Bertz CT molecular complexity index is 371. The lowest BCUT2D eigenvalue weighted by Crippen LogP contribution is -2.01. The minimum absolute atomic E-state index is 0.0975. The van der Waals surface area contributed by atoms with Gasteiger partial charge in [-0.3, -0.25) is 0 Å². The monoisotopic (exact) mass is 208 g/mol. The molecule has 0 aliphatic rings. The van der Waals surface area contributed by atoms with E-state index in [0.717, 1.165) is 0 Å². The van der Waals surface area contributed by atoms with E-state index in [1.165, 1.54) is 25.3 Å². The first-order chi connectivity index (χ1) is 7.19. The van der Waals surface area contributed by atoms with E-state index in [9.17, 15) is 9.90 Å². The molecule has 4 heteroatoms. The van der Waals surface area contributed by atoms with Gasteiger partial charge in [-0.05, 0) is 18.2 Å². The molecule has 0 aliphatic heterocycles. The number of hydrogen-bond acceptors (Lipinski definition) is 4. The molecule has 1 rings (SSSR count). The summed E-state index contributed by atoms with van der Waals surface area (Å²) in [4.78, 5) is 11.1. The van der Waals surface area contributed by atoms with Crippen molar-refractivity contribution in [2.24, 2.45) is 0 Å². The zero-order valence-corrected chi connectivity index (χ0v) is 8.40. The number of benzene rings is 1. The molecule has 0 fully saturated rings. The SMILES string of the molecule is C=CCOc1ccc(C(=O)OC)cc1O. The smallest absolute Gasteiger partial charge is 0.337 e. The van der Waals surface area contributed by atoms with E-state index in [0.29, 0.717) is 12.4 Å². The van der Waals surface area contributed by atoms with E-state index in [4.69, 9.17) is 4.74 Å². The summed E-state index contributed by atoms with van der Waals surface area (Å²) in [5.74, 6) is -0.289. The highest BCUT2D eigenvalue weighted by Crippen LogP contribution is 2.26. The quantitative estimate of drug-likeness (QED) is 0.605. The predicted octanol–water partition coefficient (Wildman–Crippen LogP) is 1.74. The lowest BCUT2D eigenvalue weighted by atomic mass is 10.2. The van der Waals surface area contributed by atoms with Crippen LogP contribution in [0.2, 0.25) is 0 Å². The Kier molecular flexibility index (Phi) is 3.74. The Morgan fingerprint density at radius 1 is 1.60 bits per heavy atom. The van der Waals surface area contributed by atoms with Crippen LogP contribution in [0, 0.1) is 0 Å². The number of hydrogen-bond donors (Lipinski definition) is 1. The molecule has 0 heterocycles. The number of rotatable bonds is 4. The molecule has 0 saturated carbocycles. The van der Waals surface area contributed by atoms with Crippen LogP contribution in [0.4, 0.5) is 0 Å². The van der Waals surface area contributed by atoms with Crippen molar-refractivity contribution in [3.8, 4) is 11.5 Å². The van der Waals surface area contributed by atoms with Crippen LogP contribution in [-0.4, -0.2) is 24.8 Å². The average Bonchev–Trinajstić information content (AvgIpc) is 2.26. The van der Waals surface area contributed by atoms with E-state index in [1.54, 1.807) is 6.08 Å². The first-order valence-electron chi connectivity index (χ1n) is 4.34. The zero-order chi connectivity index (χ0) is 11.3. The van der Waals surface area contributed by atoms with Gasteiger partial charge in [-0.15, -0.1) is 0 Å². The Morgan fingerprint density at radius 3 is 2.87 bits per heavy atom. The lowest BCUT2D eigenvalue weighted by Gasteiger charge is -2.06. The maximum atomic E-state index is 11.1. The second-order valence-electron chi connectivity index (χ2n) is 2.77. The molecule has 1 N–H and O–H groups in total. The Labute approximate surface area is 87.7 Å². The van der Waals surface area contributed by atoms with Crippen molar-refractivity contribution < 1.29 is 19.4 Å². The molecule has 0 bridgehead atoms. The minimum Gasteiger partial charge on any atom is -0.504 e. The third kappa shape index (κ3) is 2.74. The fraction of sp³-hybridized carbons (Fsp3) is 0.182. The predicted molar refractivity (Wildman–Crippen MR) is 55.1 cm³/mol. The molecule has 0 amide bonds. The summed E-state index contributed by atoms with van der Waals surface area (Å²) >= 11 is 0. The number of esters is 1. The van der Waals surface area contributed by atoms with Crippen molar-refractivity contribution in [3.05, 3.63) is 36.4 Å². The second-order valence-corrected chi connectivity index (χ2v) is 2.77. The van der Waals surface area contributed by atoms with Crippen LogP contribution in [0.3, 0.4) is 0 Å². The minimum atomic E-state index is -0.499. The van der Waals surface area contributed by atoms with E-state index >= 15 is 0 Å². The van der Waals surface area contributed by atoms with Crippen LogP contribution in [-0.2, 0) is 4.74 Å². The second kappa shape index (κ2) is 5.05. The van der Waals surface area contributed by atoms with Gasteiger partial charge in [0.15, 0.2) is 11.5 Å². The van der Waals surface area contributed by atoms with Gasteiger partial charge in [0.2, 0.25) is 0 Å². The number of aromatic hydroxyl groups is 1. The summed E-state index contributed by atoms with van der Waals surface area (Å²) in [5.41, 5.74) is 0.279. The van der Waals surface area contributed by atoms with Crippen LogP contribution in [0.25, 0.3) is 0 Å². The molecule has 0 radical (unpaired) electrons. The molecule has 4 nitrogen and oxygen atoms in total. The van der Waals surface area contributed by atoms with Gasteiger partial charge < -0.3 is 14.6 Å². The number of methoxy groups -OCH3 is 1. The van der Waals surface area contributed by atoms with Crippen LogP contribution in [0.1, 0.15) is 10.4 Å². The highest BCUT2D eigenvalue weighted by molar-refractivity contribution is 5.90. The molecule has 1 aromatic rings. The maximum Gasteiger partial charge on any atom is 0.337 e. The van der Waals surface area contributed by atoms with Gasteiger partial charge in [-0.1, -0.05) is 12.7 Å². The average molecular weight is 208 g/mol. The lowest BCUT2D eigenvalue weighted by molar-refractivity contribution is 0.0600. The normalized spacial score (nSPS) is 9.40. The van der Waals surface area contributed by atoms with Gasteiger partial charge in [-0.2, -0.15) is 0 Å². The molecule has 15 heavy (non-hydrogen) atoms. The molecular formula is C11H12O4. The summed E-state index contributed by atoms with van der Waals surface area (Å²) < 4.78 is 9.64. The molecule has 80 valence electrons. The van der Waals surface area contributed by atoms with Gasteiger partial charge in [0.05, 0.1) is 12.7 Å². The topological polar surface area (TPSA) is 55.8 Å². The molecule has 0 saturated heterocycles. The number of carbonyl (C=O) groups is 1. The zero-order valence-electron chi connectivity index (χ0n) is 8.40. The number of phenols is 1. The van der Waals surface area contributed by atoms with Crippen molar-refractivity contribution in [2.75, 3.05) is 13.7 Å². The summed E-state index contributed by atoms with van der Waals surface area (Å²) in [6, 6.07) is 4.32. The number of carbonyl (C=O) groups excluding carboxylic acids is 1. The standard InChI is InChI=1S/C11H12O4/c1-3-6-15-10-5-4-8(7-9(10)12)11(13)14-2/h3-5,7,12H,1,6H2,2H3. The Morgan fingerprint density at radius 2 is 2.33 bits per heavy atom. The Hall–Kier alpha value is -1.97. The molecular weight excluding hydrogens is 196 g/mol. The van der Waals surface area contributed by atoms with Crippen molar-refractivity contribution in [1.82, 2.24) is 0 Å². The molecule has 0 aliphatic carbocycles. The van der Waals surface area contributed by atoms with Crippen LogP contribution >= 0.6 is 0 Å². The van der Waals surface area contributed by atoms with E-state index in [1.807, 2.05) is 0 Å². The third-order valence-electron chi connectivity index (χ3n) is 1.74. The van der Waals surface area contributed by atoms with Crippen molar-refractivity contribution >= 4 is 5.97 Å². The van der Waals surface area contributed by atoms with E-state index in [2.05, 4.69) is 11.3 Å². The first kappa shape index (κ1) is 11.1. The van der Waals surface area contributed by atoms with Crippen LogP contribution in [0.15, 0.2) is 30.9 Å². The van der Waals surface area contributed by atoms with Crippen LogP contribution in [0.5, 0.6) is 11.5 Å². The van der Waals surface area contributed by atoms with Gasteiger partial charge >= 0.3 is 5.97 Å².